The fourth-order valence-corrected chi connectivity index (χ4v) is 4.60. The van der Waals surface area contributed by atoms with Crippen LogP contribution in [0.1, 0.15) is 31.2 Å². The van der Waals surface area contributed by atoms with Crippen LogP contribution in [0, 0.1) is 0 Å². The van der Waals surface area contributed by atoms with E-state index in [2.05, 4.69) is 33.6 Å². The third kappa shape index (κ3) is 9.53. The highest BCUT2D eigenvalue weighted by Crippen LogP contribution is 2.19. The van der Waals surface area contributed by atoms with E-state index in [1.165, 1.54) is 11.8 Å². The summed E-state index contributed by atoms with van der Waals surface area (Å²) in [5, 5.41) is 18.1. The fourth-order valence-electron chi connectivity index (χ4n) is 3.88. The van der Waals surface area contributed by atoms with Gasteiger partial charge >= 0.3 is 5.97 Å². The molecule has 11 nitrogen and oxygen atoms in total. The summed E-state index contributed by atoms with van der Waals surface area (Å²) in [6, 6.07) is 3.47. The smallest absolute Gasteiger partial charge is 0.327 e. The molecule has 1 aromatic heterocycles. The van der Waals surface area contributed by atoms with Gasteiger partial charge in [-0.15, -0.1) is 0 Å². The number of carbonyl (C=O) groups excluding carboxylic acids is 3. The molecule has 0 radical (unpaired) electrons. The molecule has 0 spiro atoms. The summed E-state index contributed by atoms with van der Waals surface area (Å²) in [7, 11) is 0. The molecule has 0 saturated carbocycles. The van der Waals surface area contributed by atoms with Crippen molar-refractivity contribution in [2.24, 2.45) is 11.5 Å². The Balaban J connectivity index is 2.23. The quantitative estimate of drug-likeness (QED) is 0.0995. The van der Waals surface area contributed by atoms with Gasteiger partial charge in [0, 0.05) is 29.3 Å². The van der Waals surface area contributed by atoms with Crippen molar-refractivity contribution < 1.29 is 24.3 Å². The number of fused-ring (bicyclic) bond motifs is 1. The van der Waals surface area contributed by atoms with Gasteiger partial charge in [-0.25, -0.2) is 4.79 Å². The van der Waals surface area contributed by atoms with Crippen LogP contribution >= 0.6 is 24.4 Å². The van der Waals surface area contributed by atoms with Crippen LogP contribution in [0.25, 0.3) is 10.9 Å². The van der Waals surface area contributed by atoms with Crippen molar-refractivity contribution in [3.63, 3.8) is 0 Å². The molecule has 2 aromatic rings. The standard InChI is InChI=1S/C25H38N6O5S2/c1-38-11-9-19(29-22(32)17(27)7-4-5-10-26)23(33)30-20(24(34)31-21(14-37)25(35)36)12-15-13-28-18-8-3-2-6-16(15)18/h2-3,6,8,13,17,19-21,28,37H,4-5,7,9-12,14,26-27H2,1H3,(H,29,32)(H,30,33)(H,31,34)(H,35,36). The number of unbranched alkanes of at least 4 members (excludes halogenated alkanes) is 1. The summed E-state index contributed by atoms with van der Waals surface area (Å²) in [6.07, 6.45) is 5.92. The van der Waals surface area contributed by atoms with Gasteiger partial charge in [0.15, 0.2) is 0 Å². The summed E-state index contributed by atoms with van der Waals surface area (Å²) in [6.45, 7) is 0.503. The number of rotatable bonds is 17. The number of carbonyl (C=O) groups is 4. The first-order valence-electron chi connectivity index (χ1n) is 12.5. The number of thioether (sulfide) groups is 1. The van der Waals surface area contributed by atoms with Crippen LogP contribution in [0.2, 0.25) is 0 Å². The van der Waals surface area contributed by atoms with Gasteiger partial charge in [0.1, 0.15) is 18.1 Å². The highest BCUT2D eigenvalue weighted by Gasteiger charge is 2.30. The van der Waals surface area contributed by atoms with E-state index < -0.39 is 47.9 Å². The zero-order chi connectivity index (χ0) is 28.1. The maximum atomic E-state index is 13.4. The number of aromatic nitrogens is 1. The van der Waals surface area contributed by atoms with Gasteiger partial charge in [0.2, 0.25) is 17.7 Å². The zero-order valence-corrected chi connectivity index (χ0v) is 23.2. The fraction of sp³-hybridized carbons (Fsp3) is 0.520. The van der Waals surface area contributed by atoms with Gasteiger partial charge in [-0.2, -0.15) is 24.4 Å². The summed E-state index contributed by atoms with van der Waals surface area (Å²) in [5.74, 6) is -2.46. The number of hydrogen-bond donors (Lipinski definition) is 8. The summed E-state index contributed by atoms with van der Waals surface area (Å²) in [5.41, 5.74) is 13.1. The van der Waals surface area contributed by atoms with E-state index >= 15 is 0 Å². The molecule has 0 saturated heterocycles. The molecule has 0 aliphatic carbocycles. The molecule has 4 unspecified atom stereocenters. The van der Waals surface area contributed by atoms with Crippen molar-refractivity contribution in [1.29, 1.82) is 0 Å². The van der Waals surface area contributed by atoms with Crippen LogP contribution in [0.15, 0.2) is 30.5 Å². The average Bonchev–Trinajstić information content (AvgIpc) is 3.31. The van der Waals surface area contributed by atoms with Crippen LogP contribution in [0.4, 0.5) is 0 Å². The lowest BCUT2D eigenvalue weighted by molar-refractivity contribution is -0.141. The Labute approximate surface area is 232 Å². The molecule has 0 aliphatic heterocycles. The minimum atomic E-state index is -1.24. The number of H-pyrrole nitrogens is 1. The summed E-state index contributed by atoms with van der Waals surface area (Å²) in [4.78, 5) is 53.8. The molecule has 4 atom stereocenters. The lowest BCUT2D eigenvalue weighted by Crippen LogP contribution is -2.58. The zero-order valence-electron chi connectivity index (χ0n) is 21.4. The van der Waals surface area contributed by atoms with Crippen molar-refractivity contribution in [2.45, 2.75) is 56.3 Å². The predicted octanol–water partition coefficient (Wildman–Crippen LogP) is 0.389. The van der Waals surface area contributed by atoms with Crippen LogP contribution in [0.5, 0.6) is 0 Å². The molecule has 210 valence electrons. The molecule has 1 aromatic carbocycles. The third-order valence-corrected chi connectivity index (χ3v) is 7.09. The second-order valence-electron chi connectivity index (χ2n) is 8.94. The Morgan fingerprint density at radius 2 is 1.66 bits per heavy atom. The minimum Gasteiger partial charge on any atom is -0.480 e. The molecule has 0 fully saturated rings. The number of amides is 3. The second kappa shape index (κ2) is 16.3. The van der Waals surface area contributed by atoms with E-state index in [9.17, 15) is 24.3 Å². The van der Waals surface area contributed by atoms with Crippen molar-refractivity contribution >= 4 is 59.0 Å². The Kier molecular flexibility index (Phi) is 13.5. The molecule has 38 heavy (non-hydrogen) atoms. The molecule has 0 bridgehead atoms. The second-order valence-corrected chi connectivity index (χ2v) is 10.3. The van der Waals surface area contributed by atoms with Gasteiger partial charge in [-0.3, -0.25) is 14.4 Å². The number of nitrogens with two attached hydrogens (primary N) is 2. The van der Waals surface area contributed by atoms with Crippen molar-refractivity contribution in [2.75, 3.05) is 24.3 Å². The van der Waals surface area contributed by atoms with Crippen LogP contribution in [-0.2, 0) is 25.6 Å². The highest BCUT2D eigenvalue weighted by atomic mass is 32.2. The largest absolute Gasteiger partial charge is 0.480 e. The number of thiol groups is 1. The number of aromatic amines is 1. The molecule has 3 amide bonds. The molecular formula is C25H38N6O5S2. The molecule has 9 N–H and O–H groups in total. The molecule has 0 aliphatic rings. The third-order valence-electron chi connectivity index (χ3n) is 6.08. The van der Waals surface area contributed by atoms with Gasteiger partial charge < -0.3 is 37.5 Å². The number of hydrogen-bond acceptors (Lipinski definition) is 8. The number of para-hydroxylation sites is 1. The number of carboxylic acid groups (broad SMARTS) is 1. The van der Waals surface area contributed by atoms with Gasteiger partial charge in [0.05, 0.1) is 6.04 Å². The van der Waals surface area contributed by atoms with E-state index in [4.69, 9.17) is 11.5 Å². The molecule has 2 rings (SSSR count). The van der Waals surface area contributed by atoms with E-state index in [0.717, 1.165) is 22.9 Å². The first-order chi connectivity index (χ1) is 18.2. The van der Waals surface area contributed by atoms with Crippen molar-refractivity contribution in [3.8, 4) is 0 Å². The van der Waals surface area contributed by atoms with Gasteiger partial charge in [-0.1, -0.05) is 24.6 Å². The van der Waals surface area contributed by atoms with Crippen molar-refractivity contribution in [3.05, 3.63) is 36.0 Å². The van der Waals surface area contributed by atoms with Crippen LogP contribution in [-0.4, -0.2) is 82.3 Å². The molecule has 13 heteroatoms. The van der Waals surface area contributed by atoms with E-state index in [1.54, 1.807) is 6.20 Å². The maximum absolute atomic E-state index is 13.4. The summed E-state index contributed by atoms with van der Waals surface area (Å²) >= 11 is 5.52. The predicted molar refractivity (Wildman–Crippen MR) is 153 cm³/mol. The number of benzene rings is 1. The Bertz CT molecular complexity index is 1080. The Morgan fingerprint density at radius 3 is 2.32 bits per heavy atom. The SMILES string of the molecule is CSCCC(NC(=O)C(N)CCCCN)C(=O)NC(Cc1c[nH]c2ccccc12)C(=O)NC(CS)C(=O)O. The first kappa shape index (κ1) is 31.5. The maximum Gasteiger partial charge on any atom is 0.327 e. The van der Waals surface area contributed by atoms with E-state index in [-0.39, 0.29) is 12.2 Å². The Morgan fingerprint density at radius 1 is 1.00 bits per heavy atom. The number of carboxylic acids is 1. The molecule has 1 heterocycles. The monoisotopic (exact) mass is 566 g/mol. The lowest BCUT2D eigenvalue weighted by atomic mass is 10.0. The lowest BCUT2D eigenvalue weighted by Gasteiger charge is -2.25. The van der Waals surface area contributed by atoms with E-state index in [1.807, 2.05) is 30.5 Å². The topological polar surface area (TPSA) is 192 Å². The van der Waals surface area contributed by atoms with Crippen LogP contribution in [0.3, 0.4) is 0 Å². The number of nitrogens with one attached hydrogen (secondary N) is 4. The molecular weight excluding hydrogens is 528 g/mol. The number of aliphatic carboxylic acids is 1. The summed E-state index contributed by atoms with van der Waals surface area (Å²) < 4.78 is 0. The minimum absolute atomic E-state index is 0.0995. The van der Waals surface area contributed by atoms with Gasteiger partial charge in [0.25, 0.3) is 0 Å². The van der Waals surface area contributed by atoms with Gasteiger partial charge in [-0.05, 0) is 49.4 Å². The van der Waals surface area contributed by atoms with Crippen molar-refractivity contribution in [1.82, 2.24) is 20.9 Å². The van der Waals surface area contributed by atoms with Crippen LogP contribution < -0.4 is 27.4 Å². The average molecular weight is 567 g/mol. The Hall–Kier alpha value is -2.74. The van der Waals surface area contributed by atoms with E-state index in [0.29, 0.717) is 31.6 Å². The first-order valence-corrected chi connectivity index (χ1v) is 14.5. The normalized spacial score (nSPS) is 14.3. The highest BCUT2D eigenvalue weighted by molar-refractivity contribution is 7.98.